The van der Waals surface area contributed by atoms with Gasteiger partial charge in [0.2, 0.25) is 0 Å². The Bertz CT molecular complexity index is 4.83. The van der Waals surface area contributed by atoms with Gasteiger partial charge in [-0.15, -0.1) is 0 Å². The van der Waals surface area contributed by atoms with Crippen molar-refractivity contribution in [1.29, 1.82) is 0 Å². The summed E-state index contributed by atoms with van der Waals surface area (Å²) in [4.78, 5) is 0. The Morgan fingerprint density at radius 3 is 0.273 bits per heavy atom. The van der Waals surface area contributed by atoms with E-state index in [9.17, 15) is 0 Å². The summed E-state index contributed by atoms with van der Waals surface area (Å²) in [6, 6.07) is 0. The van der Waals surface area contributed by atoms with Gasteiger partial charge in [0.05, 0.1) is 0 Å². The van der Waals surface area contributed by atoms with Gasteiger partial charge in [0.25, 0.3) is 0 Å². The normalized spacial score (nSPS) is 2.73. The molecule has 0 saturated heterocycles. The van der Waals surface area contributed by atoms with Gasteiger partial charge in [0.15, 0.2) is 0 Å². The predicted octanol–water partition coefficient (Wildman–Crippen LogP) is 5.13. The maximum absolute atomic E-state index is 2.00. The maximum atomic E-state index is 2.00. The van der Waals surface area contributed by atoms with Crippen LogP contribution in [0.3, 0.4) is 0 Å². The van der Waals surface area contributed by atoms with Crippen molar-refractivity contribution in [2.75, 3.05) is 0 Å². The molecule has 0 heterocycles. The van der Waals surface area contributed by atoms with Gasteiger partial charge < -0.3 is 0 Å². The van der Waals surface area contributed by atoms with E-state index in [1.165, 1.54) is 0 Å². The van der Waals surface area contributed by atoms with E-state index in [1.54, 1.807) is 0 Å². The van der Waals surface area contributed by atoms with Gasteiger partial charge in [-0.3, -0.25) is 0 Å². The van der Waals surface area contributed by atoms with Crippen LogP contribution in [0.25, 0.3) is 0 Å². The molecule has 0 bridgehead atoms. The van der Waals surface area contributed by atoms with Crippen LogP contribution in [-0.4, -0.2) is 0 Å². The molecule has 1 heteroatoms. The molecule has 0 nitrogen and oxygen atoms in total. The second-order valence-corrected chi connectivity index (χ2v) is 0. The van der Waals surface area contributed by atoms with Crippen molar-refractivity contribution in [3.05, 3.63) is 0 Å². The van der Waals surface area contributed by atoms with Gasteiger partial charge in [-0.2, -0.15) is 0 Å². The van der Waals surface area contributed by atoms with Gasteiger partial charge >= 0.3 is 0 Å². The topological polar surface area (TPSA) is 0 Å². The van der Waals surface area contributed by atoms with Crippen molar-refractivity contribution in [1.82, 2.24) is 0 Å². The summed E-state index contributed by atoms with van der Waals surface area (Å²) in [5.74, 6) is 0. The summed E-state index contributed by atoms with van der Waals surface area (Å²) in [5, 5.41) is 0. The average Bonchev–Trinajstić information content (AvgIpc) is 2.20. The summed E-state index contributed by atoms with van der Waals surface area (Å²) in [6.07, 6.45) is 0. The minimum Gasteiger partial charge on any atom is -0.0683 e. The van der Waals surface area contributed by atoms with E-state index >= 15 is 0 Å². The van der Waals surface area contributed by atoms with E-state index in [1.807, 2.05) is 69.2 Å². The van der Waals surface area contributed by atoms with E-state index in [0.717, 1.165) is 0 Å². The largest absolute Gasteiger partial charge is 0.0683 e. The van der Waals surface area contributed by atoms with Crippen molar-refractivity contribution in [3.63, 3.8) is 0 Å². The quantitative estimate of drug-likeness (QED) is 0.496. The van der Waals surface area contributed by atoms with E-state index in [-0.39, 0.29) is 37.7 Å². The average molecular weight is 190 g/mol. The summed E-state index contributed by atoms with van der Waals surface area (Å²) in [6.45, 7) is 20.0. The molecule has 0 spiro atoms. The first kappa shape index (κ1) is 39.7. The molecule has 0 N–H and O–H groups in total. The van der Waals surface area contributed by atoms with Crippen molar-refractivity contribution < 1.29 is 37.7 Å². The first-order valence-electron chi connectivity index (χ1n) is 5.00. The van der Waals surface area contributed by atoms with Crippen LogP contribution in [0.15, 0.2) is 0 Å². The van der Waals surface area contributed by atoms with Crippen molar-refractivity contribution in [3.8, 4) is 0 Å². The van der Waals surface area contributed by atoms with Crippen LogP contribution >= 0.6 is 0 Å². The Hall–Kier alpha value is 1.26. The number of hydrogen-bond donors (Lipinski definition) is 0. The molecule has 0 aromatic rings. The molecule has 0 aliphatic carbocycles. The molecule has 0 fully saturated rings. The maximum Gasteiger partial charge on any atom is 0 e. The molecule has 0 atom stereocenters. The Morgan fingerprint density at radius 1 is 0.273 bits per heavy atom. The monoisotopic (exact) mass is 190 g/mol. The molecular formula is C10H30Ar. The molecule has 0 saturated carbocycles. The molecule has 0 radical (unpaired) electrons. The summed E-state index contributed by atoms with van der Waals surface area (Å²) < 4.78 is 0. The van der Waals surface area contributed by atoms with Crippen LogP contribution in [0.2, 0.25) is 0 Å². The fourth-order valence-corrected chi connectivity index (χ4v) is 0. The molecule has 11 heavy (non-hydrogen) atoms. The van der Waals surface area contributed by atoms with E-state index < -0.39 is 0 Å². The summed E-state index contributed by atoms with van der Waals surface area (Å²) in [5.41, 5.74) is 0. The van der Waals surface area contributed by atoms with Crippen molar-refractivity contribution >= 4 is 0 Å². The van der Waals surface area contributed by atoms with E-state index in [0.29, 0.717) is 0 Å². The fourth-order valence-electron chi connectivity index (χ4n) is 0. The molecule has 0 aromatic carbocycles. The van der Waals surface area contributed by atoms with Crippen LogP contribution in [0, 0.1) is 37.7 Å². The van der Waals surface area contributed by atoms with Crippen molar-refractivity contribution in [2.45, 2.75) is 69.2 Å². The van der Waals surface area contributed by atoms with Gasteiger partial charge in [-0.25, -0.2) is 0 Å². The molecular weight excluding hydrogens is 160 g/mol. The van der Waals surface area contributed by atoms with E-state index in [2.05, 4.69) is 0 Å². The standard InChI is InChI=1S/5C2H6.Ar/c5*1-2;/h5*1-2H3;. The van der Waals surface area contributed by atoms with Gasteiger partial charge in [0.1, 0.15) is 0 Å². The zero-order valence-corrected chi connectivity index (χ0v) is 11.1. The zero-order chi connectivity index (χ0) is 10.0. The molecule has 0 amide bonds. The van der Waals surface area contributed by atoms with Crippen molar-refractivity contribution in [2.24, 2.45) is 0 Å². The van der Waals surface area contributed by atoms with Crippen LogP contribution in [0.5, 0.6) is 0 Å². The Morgan fingerprint density at radius 2 is 0.273 bits per heavy atom. The number of rotatable bonds is 0. The Kier molecular flexibility index (Phi) is 2690. The fraction of sp³-hybridized carbons (Fsp3) is 1.00. The van der Waals surface area contributed by atoms with Gasteiger partial charge in [-0.05, 0) is 0 Å². The minimum absolute atomic E-state index is 0. The Labute approximate surface area is 106 Å². The molecule has 0 aromatic heterocycles. The molecule has 0 rings (SSSR count). The third kappa shape index (κ3) is 608. The number of hydrogen-bond acceptors (Lipinski definition) is 0. The van der Waals surface area contributed by atoms with E-state index in [4.69, 9.17) is 0 Å². The zero-order valence-electron chi connectivity index (χ0n) is 10.4. The SMILES string of the molecule is CC.CC.CC.CC.CC.[Ar]. The predicted molar refractivity (Wildman–Crippen MR) is 56.7 cm³/mol. The molecule has 0 aliphatic heterocycles. The van der Waals surface area contributed by atoms with Crippen LogP contribution in [0.1, 0.15) is 69.2 Å². The van der Waals surface area contributed by atoms with Crippen LogP contribution in [-0.2, 0) is 0 Å². The second kappa shape index (κ2) is 747. The Balaban J connectivity index is -0.00000000694. The first-order chi connectivity index (χ1) is 5.00. The van der Waals surface area contributed by atoms with Gasteiger partial charge in [0, 0.05) is 37.7 Å². The summed E-state index contributed by atoms with van der Waals surface area (Å²) in [7, 11) is 0. The first-order valence-corrected chi connectivity index (χ1v) is 5.00. The smallest absolute Gasteiger partial charge is 0 e. The minimum atomic E-state index is 0. The molecule has 78 valence electrons. The molecule has 0 aliphatic rings. The second-order valence-electron chi connectivity index (χ2n) is 0. The van der Waals surface area contributed by atoms with Crippen LogP contribution < -0.4 is 0 Å². The van der Waals surface area contributed by atoms with Gasteiger partial charge in [-0.1, -0.05) is 69.2 Å². The molecule has 0 unspecified atom stereocenters. The third-order valence-corrected chi connectivity index (χ3v) is 0. The van der Waals surface area contributed by atoms with Crippen LogP contribution in [0.4, 0.5) is 0 Å². The summed E-state index contributed by atoms with van der Waals surface area (Å²) >= 11 is 0. The third-order valence-electron chi connectivity index (χ3n) is 0.